The van der Waals surface area contributed by atoms with Crippen molar-refractivity contribution in [3.8, 4) is 0 Å². The van der Waals surface area contributed by atoms with Crippen molar-refractivity contribution in [1.29, 1.82) is 0 Å². The number of para-hydroxylation sites is 1. The van der Waals surface area contributed by atoms with Gasteiger partial charge in [0.05, 0.1) is 0 Å². The lowest BCUT2D eigenvalue weighted by Gasteiger charge is -1.98. The van der Waals surface area contributed by atoms with Gasteiger partial charge in [-0.1, -0.05) is 18.2 Å². The quantitative estimate of drug-likeness (QED) is 0.613. The van der Waals surface area contributed by atoms with E-state index in [1.54, 1.807) is 0 Å². The molecule has 0 saturated heterocycles. The standard InChI is InChI=1S/C8H9NO.C2H2O4/c1-7(10)9-8-5-3-2-4-6-8;3-1(4)2(5)6/h2-6H,1H3,(H,9,10);(H,3,4)(H,5,6). The Labute approximate surface area is 91.5 Å². The lowest BCUT2D eigenvalue weighted by atomic mass is 10.3. The highest BCUT2D eigenvalue weighted by molar-refractivity contribution is 6.27. The van der Waals surface area contributed by atoms with E-state index < -0.39 is 11.9 Å². The van der Waals surface area contributed by atoms with Crippen molar-refractivity contribution in [2.75, 3.05) is 5.32 Å². The van der Waals surface area contributed by atoms with Crippen molar-refractivity contribution in [1.82, 2.24) is 0 Å². The molecule has 0 fully saturated rings. The molecule has 0 saturated carbocycles. The van der Waals surface area contributed by atoms with Crippen LogP contribution in [0.4, 0.5) is 5.69 Å². The van der Waals surface area contributed by atoms with Gasteiger partial charge >= 0.3 is 11.9 Å². The van der Waals surface area contributed by atoms with Gasteiger partial charge in [-0.25, -0.2) is 9.59 Å². The fourth-order valence-corrected chi connectivity index (χ4v) is 0.725. The first-order chi connectivity index (χ1) is 7.43. The van der Waals surface area contributed by atoms with Gasteiger partial charge in [0.1, 0.15) is 0 Å². The van der Waals surface area contributed by atoms with E-state index in [4.69, 9.17) is 19.8 Å². The predicted molar refractivity (Wildman–Crippen MR) is 56.0 cm³/mol. The van der Waals surface area contributed by atoms with E-state index >= 15 is 0 Å². The Bertz CT molecular complexity index is 362. The smallest absolute Gasteiger partial charge is 0.414 e. The number of hydrogen-bond acceptors (Lipinski definition) is 3. The number of rotatable bonds is 1. The van der Waals surface area contributed by atoms with Gasteiger partial charge in [0.15, 0.2) is 0 Å². The minimum absolute atomic E-state index is 0.0359. The molecule has 0 aromatic heterocycles. The Morgan fingerprint density at radius 1 is 1.00 bits per heavy atom. The third-order valence-electron chi connectivity index (χ3n) is 1.28. The lowest BCUT2D eigenvalue weighted by molar-refractivity contribution is -0.159. The first-order valence-corrected chi connectivity index (χ1v) is 4.22. The van der Waals surface area contributed by atoms with E-state index in [9.17, 15) is 4.79 Å². The predicted octanol–water partition coefficient (Wildman–Crippen LogP) is 0.801. The van der Waals surface area contributed by atoms with Crippen LogP contribution in [0.15, 0.2) is 30.3 Å². The molecule has 16 heavy (non-hydrogen) atoms. The summed E-state index contributed by atoms with van der Waals surface area (Å²) in [5.74, 6) is -3.68. The number of aliphatic carboxylic acids is 2. The van der Waals surface area contributed by atoms with Crippen LogP contribution in [-0.2, 0) is 14.4 Å². The highest BCUT2D eigenvalue weighted by Gasteiger charge is 2.04. The molecule has 0 atom stereocenters. The van der Waals surface area contributed by atoms with Crippen LogP contribution in [0.25, 0.3) is 0 Å². The Morgan fingerprint density at radius 3 is 1.75 bits per heavy atom. The third kappa shape index (κ3) is 7.07. The maximum absolute atomic E-state index is 10.5. The summed E-state index contributed by atoms with van der Waals surface area (Å²) in [7, 11) is 0. The second-order valence-electron chi connectivity index (χ2n) is 2.66. The summed E-state index contributed by atoms with van der Waals surface area (Å²) in [5.41, 5.74) is 0.843. The monoisotopic (exact) mass is 225 g/mol. The number of benzene rings is 1. The molecule has 6 nitrogen and oxygen atoms in total. The zero-order valence-electron chi connectivity index (χ0n) is 8.51. The van der Waals surface area contributed by atoms with Crippen LogP contribution < -0.4 is 5.32 Å². The maximum atomic E-state index is 10.5. The topological polar surface area (TPSA) is 104 Å². The van der Waals surface area contributed by atoms with Gasteiger partial charge in [-0.3, -0.25) is 4.79 Å². The summed E-state index contributed by atoms with van der Waals surface area (Å²) < 4.78 is 0. The van der Waals surface area contributed by atoms with E-state index in [0.717, 1.165) is 5.69 Å². The first kappa shape index (κ1) is 13.6. The fourth-order valence-electron chi connectivity index (χ4n) is 0.725. The first-order valence-electron chi connectivity index (χ1n) is 4.22. The van der Waals surface area contributed by atoms with E-state index in [1.807, 2.05) is 30.3 Å². The molecule has 0 aliphatic heterocycles. The van der Waals surface area contributed by atoms with Crippen molar-refractivity contribution in [2.24, 2.45) is 0 Å². The molecular weight excluding hydrogens is 214 g/mol. The van der Waals surface area contributed by atoms with Crippen molar-refractivity contribution in [3.63, 3.8) is 0 Å². The summed E-state index contributed by atoms with van der Waals surface area (Å²) in [4.78, 5) is 28.7. The van der Waals surface area contributed by atoms with Crippen molar-refractivity contribution < 1.29 is 24.6 Å². The van der Waals surface area contributed by atoms with Crippen molar-refractivity contribution in [3.05, 3.63) is 30.3 Å². The number of anilines is 1. The summed E-state index contributed by atoms with van der Waals surface area (Å²) >= 11 is 0. The van der Waals surface area contributed by atoms with Gasteiger partial charge < -0.3 is 15.5 Å². The average Bonchev–Trinajstić information content (AvgIpc) is 2.19. The van der Waals surface area contributed by atoms with Crippen LogP contribution in [0.3, 0.4) is 0 Å². The molecule has 6 heteroatoms. The molecule has 0 spiro atoms. The molecule has 3 N–H and O–H groups in total. The molecule has 0 aliphatic rings. The molecule has 0 heterocycles. The van der Waals surface area contributed by atoms with Crippen LogP contribution in [-0.4, -0.2) is 28.1 Å². The number of carbonyl (C=O) groups is 3. The number of hydrogen-bond donors (Lipinski definition) is 3. The molecular formula is C10H11NO5. The van der Waals surface area contributed by atoms with Crippen LogP contribution in [0.2, 0.25) is 0 Å². The summed E-state index contributed by atoms with van der Waals surface area (Å²) in [5, 5.41) is 17.4. The van der Waals surface area contributed by atoms with Gasteiger partial charge in [-0.15, -0.1) is 0 Å². The number of carbonyl (C=O) groups excluding carboxylic acids is 1. The van der Waals surface area contributed by atoms with Crippen LogP contribution in [0.5, 0.6) is 0 Å². The maximum Gasteiger partial charge on any atom is 0.414 e. The molecule has 0 bridgehead atoms. The number of nitrogens with one attached hydrogen (secondary N) is 1. The summed E-state index contributed by atoms with van der Waals surface area (Å²) in [6.07, 6.45) is 0. The van der Waals surface area contributed by atoms with Gasteiger partial charge in [0, 0.05) is 12.6 Å². The largest absolute Gasteiger partial charge is 0.473 e. The van der Waals surface area contributed by atoms with Crippen LogP contribution in [0, 0.1) is 0 Å². The minimum atomic E-state index is -1.82. The van der Waals surface area contributed by atoms with Gasteiger partial charge in [0.2, 0.25) is 5.91 Å². The molecule has 0 radical (unpaired) electrons. The van der Waals surface area contributed by atoms with Crippen molar-refractivity contribution in [2.45, 2.75) is 6.92 Å². The minimum Gasteiger partial charge on any atom is -0.473 e. The Morgan fingerprint density at radius 2 is 1.44 bits per heavy atom. The SMILES string of the molecule is CC(=O)Nc1ccccc1.O=C(O)C(=O)O. The molecule has 1 rings (SSSR count). The van der Waals surface area contributed by atoms with E-state index in [-0.39, 0.29) is 5.91 Å². The number of amides is 1. The normalized spacial score (nSPS) is 8.31. The molecule has 86 valence electrons. The highest BCUT2D eigenvalue weighted by Crippen LogP contribution is 2.03. The second kappa shape index (κ2) is 6.99. The van der Waals surface area contributed by atoms with Gasteiger partial charge in [-0.2, -0.15) is 0 Å². The molecule has 1 amide bonds. The summed E-state index contributed by atoms with van der Waals surface area (Å²) in [6, 6.07) is 9.37. The van der Waals surface area contributed by atoms with Crippen molar-refractivity contribution >= 4 is 23.5 Å². The zero-order valence-corrected chi connectivity index (χ0v) is 8.51. The second-order valence-corrected chi connectivity index (χ2v) is 2.66. The zero-order chi connectivity index (χ0) is 12.6. The molecule has 0 unspecified atom stereocenters. The van der Waals surface area contributed by atoms with Crippen LogP contribution >= 0.6 is 0 Å². The highest BCUT2D eigenvalue weighted by atomic mass is 16.4. The average molecular weight is 225 g/mol. The van der Waals surface area contributed by atoms with Gasteiger partial charge in [-0.05, 0) is 12.1 Å². The lowest BCUT2D eigenvalue weighted by Crippen LogP contribution is -2.09. The van der Waals surface area contributed by atoms with E-state index in [1.165, 1.54) is 6.92 Å². The van der Waals surface area contributed by atoms with Gasteiger partial charge in [0.25, 0.3) is 0 Å². The number of carboxylic acid groups (broad SMARTS) is 2. The van der Waals surface area contributed by atoms with E-state index in [0.29, 0.717) is 0 Å². The fraction of sp³-hybridized carbons (Fsp3) is 0.100. The Balaban J connectivity index is 0.000000325. The van der Waals surface area contributed by atoms with Crippen LogP contribution in [0.1, 0.15) is 6.92 Å². The Kier molecular flexibility index (Phi) is 5.96. The third-order valence-corrected chi connectivity index (χ3v) is 1.28. The Hall–Kier alpha value is -2.37. The molecule has 1 aromatic rings. The molecule has 1 aromatic carbocycles. The number of carboxylic acids is 2. The molecule has 0 aliphatic carbocycles. The summed E-state index contributed by atoms with van der Waals surface area (Å²) in [6.45, 7) is 1.49. The van der Waals surface area contributed by atoms with E-state index in [2.05, 4.69) is 5.32 Å².